The van der Waals surface area contributed by atoms with Crippen molar-refractivity contribution in [2.24, 2.45) is 0 Å². The maximum Gasteiger partial charge on any atom is 0.243 e. The molecule has 1 aromatic rings. The summed E-state index contributed by atoms with van der Waals surface area (Å²) in [6.45, 7) is 0.333. The molecule has 0 fully saturated rings. The second-order valence-corrected chi connectivity index (χ2v) is 5.68. The van der Waals surface area contributed by atoms with E-state index in [9.17, 15) is 12.8 Å². The van der Waals surface area contributed by atoms with Crippen LogP contribution in [0.4, 0.5) is 4.39 Å². The third kappa shape index (κ3) is 3.69. The predicted molar refractivity (Wildman–Crippen MR) is 65.1 cm³/mol. The lowest BCUT2D eigenvalue weighted by Crippen LogP contribution is -2.25. The fourth-order valence-corrected chi connectivity index (χ4v) is 2.55. The van der Waals surface area contributed by atoms with Gasteiger partial charge in [-0.1, -0.05) is 34.7 Å². The second kappa shape index (κ2) is 5.76. The highest BCUT2D eigenvalue weighted by Gasteiger charge is 2.17. The number of rotatable bonds is 5. The Morgan fingerprint density at radius 1 is 1.33 bits per heavy atom. The molecule has 0 bridgehead atoms. The van der Waals surface area contributed by atoms with Crippen molar-refractivity contribution < 1.29 is 12.8 Å². The minimum Gasteiger partial charge on any atom is -0.211 e. The molecule has 6 heteroatoms. The molecule has 0 spiro atoms. The smallest absolute Gasteiger partial charge is 0.211 e. The zero-order valence-electron chi connectivity index (χ0n) is 7.91. The molecule has 1 rings (SSSR count). The van der Waals surface area contributed by atoms with Gasteiger partial charge in [-0.15, -0.1) is 0 Å². The van der Waals surface area contributed by atoms with Crippen molar-refractivity contribution in [2.45, 2.75) is 11.3 Å². The first-order valence-electron chi connectivity index (χ1n) is 4.38. The van der Waals surface area contributed by atoms with Crippen LogP contribution in [0.1, 0.15) is 6.42 Å². The molecule has 0 saturated heterocycles. The average molecular weight is 343 g/mol. The van der Waals surface area contributed by atoms with Crippen LogP contribution in [0.3, 0.4) is 0 Å². The lowest BCUT2D eigenvalue weighted by Gasteiger charge is -2.06. The molecule has 0 radical (unpaired) electrons. The lowest BCUT2D eigenvalue weighted by atomic mass is 10.4. The maximum absolute atomic E-state index is 13.2. The van der Waals surface area contributed by atoms with Gasteiger partial charge in [-0.05, 0) is 18.6 Å². The monoisotopic (exact) mass is 343 g/mol. The van der Waals surface area contributed by atoms with E-state index >= 15 is 0 Å². The van der Waals surface area contributed by atoms with Crippen molar-refractivity contribution in [2.75, 3.05) is 11.0 Å². The Kier molecular flexibility index (Phi) is 4.94. The maximum atomic E-state index is 13.2. The number of hydrogen-bond donors (Lipinski definition) is 1. The van der Waals surface area contributed by atoms with Gasteiger partial charge in [0.25, 0.3) is 0 Å². The summed E-state index contributed by atoms with van der Waals surface area (Å²) in [7, 11) is -3.69. The number of alkyl halides is 1. The van der Waals surface area contributed by atoms with Crippen LogP contribution in [0.2, 0.25) is 0 Å². The highest BCUT2D eigenvalue weighted by atomic mass is 127. The van der Waals surface area contributed by atoms with Crippen LogP contribution in [-0.4, -0.2) is 19.4 Å². The van der Waals surface area contributed by atoms with Gasteiger partial charge in [-0.3, -0.25) is 0 Å². The van der Waals surface area contributed by atoms with Crippen molar-refractivity contribution in [3.63, 3.8) is 0 Å². The minimum atomic E-state index is -3.69. The van der Waals surface area contributed by atoms with Crippen molar-refractivity contribution in [3.8, 4) is 0 Å². The fraction of sp³-hybridized carbons (Fsp3) is 0.333. The van der Waals surface area contributed by atoms with Crippen LogP contribution in [-0.2, 0) is 10.0 Å². The quantitative estimate of drug-likeness (QED) is 0.505. The molecule has 15 heavy (non-hydrogen) atoms. The average Bonchev–Trinajstić information content (AvgIpc) is 2.18. The summed E-state index contributed by atoms with van der Waals surface area (Å²) in [5.74, 6) is -0.723. The predicted octanol–water partition coefficient (Wildman–Crippen LogP) is 1.93. The van der Waals surface area contributed by atoms with Crippen molar-refractivity contribution >= 4 is 32.6 Å². The summed E-state index contributed by atoms with van der Waals surface area (Å²) >= 11 is 2.15. The van der Waals surface area contributed by atoms with E-state index < -0.39 is 15.8 Å². The molecule has 0 aromatic heterocycles. The Bertz CT molecular complexity index is 422. The van der Waals surface area contributed by atoms with E-state index in [-0.39, 0.29) is 4.90 Å². The number of halogens is 2. The van der Waals surface area contributed by atoms with Gasteiger partial charge >= 0.3 is 0 Å². The first-order chi connectivity index (χ1) is 7.08. The summed E-state index contributed by atoms with van der Waals surface area (Å²) in [5, 5.41) is 0. The molecule has 0 unspecified atom stereocenters. The van der Waals surface area contributed by atoms with Gasteiger partial charge in [0.15, 0.2) is 0 Å². The second-order valence-electron chi connectivity index (χ2n) is 2.87. The Balaban J connectivity index is 2.83. The van der Waals surface area contributed by atoms with Gasteiger partial charge in [-0.25, -0.2) is 17.5 Å². The largest absolute Gasteiger partial charge is 0.243 e. The number of nitrogens with one attached hydrogen (secondary N) is 1. The zero-order chi connectivity index (χ0) is 11.3. The van der Waals surface area contributed by atoms with Crippen LogP contribution in [0.25, 0.3) is 0 Å². The highest BCUT2D eigenvalue weighted by Crippen LogP contribution is 2.12. The van der Waals surface area contributed by atoms with E-state index in [1.54, 1.807) is 0 Å². The summed E-state index contributed by atoms with van der Waals surface area (Å²) < 4.78 is 39.5. The number of hydrogen-bond acceptors (Lipinski definition) is 2. The fourth-order valence-electron chi connectivity index (χ4n) is 1.01. The van der Waals surface area contributed by atoms with Crippen LogP contribution in [0.5, 0.6) is 0 Å². The molecule has 0 atom stereocenters. The Morgan fingerprint density at radius 2 is 2.00 bits per heavy atom. The Hall–Kier alpha value is -0.210. The minimum absolute atomic E-state index is 0.293. The van der Waals surface area contributed by atoms with Gasteiger partial charge in [0.2, 0.25) is 10.0 Å². The van der Waals surface area contributed by atoms with E-state index in [0.29, 0.717) is 6.54 Å². The van der Waals surface area contributed by atoms with Crippen LogP contribution < -0.4 is 4.72 Å². The molecule has 0 aliphatic carbocycles. The topological polar surface area (TPSA) is 46.2 Å². The van der Waals surface area contributed by atoms with Crippen molar-refractivity contribution in [1.29, 1.82) is 0 Å². The third-order valence-electron chi connectivity index (χ3n) is 1.73. The summed E-state index contributed by atoms with van der Waals surface area (Å²) in [6, 6.07) is 5.34. The first-order valence-corrected chi connectivity index (χ1v) is 7.39. The first kappa shape index (κ1) is 12.9. The zero-order valence-corrected chi connectivity index (χ0v) is 10.9. The third-order valence-corrected chi connectivity index (χ3v) is 3.99. The summed E-state index contributed by atoms with van der Waals surface area (Å²) in [4.78, 5) is -0.293. The van der Waals surface area contributed by atoms with Gasteiger partial charge in [0, 0.05) is 11.0 Å². The van der Waals surface area contributed by atoms with Gasteiger partial charge in [0.1, 0.15) is 10.7 Å². The van der Waals surface area contributed by atoms with E-state index in [4.69, 9.17) is 0 Å². The standard InChI is InChI=1S/C9H11FINO2S/c10-8-4-1-2-5-9(8)15(13,14)12-7-3-6-11/h1-2,4-5,12H,3,6-7H2. The van der Waals surface area contributed by atoms with E-state index in [0.717, 1.165) is 16.9 Å². The van der Waals surface area contributed by atoms with Gasteiger partial charge in [-0.2, -0.15) is 0 Å². The molecule has 84 valence electrons. The number of sulfonamides is 1. The summed E-state index contributed by atoms with van der Waals surface area (Å²) in [5.41, 5.74) is 0. The SMILES string of the molecule is O=S(=O)(NCCCI)c1ccccc1F. The molecular weight excluding hydrogens is 332 g/mol. The van der Waals surface area contributed by atoms with Crippen LogP contribution >= 0.6 is 22.6 Å². The molecule has 0 saturated carbocycles. The molecule has 0 aliphatic rings. The highest BCUT2D eigenvalue weighted by molar-refractivity contribution is 14.1. The molecular formula is C9H11FINO2S. The summed E-state index contributed by atoms with van der Waals surface area (Å²) in [6.07, 6.45) is 0.730. The van der Waals surface area contributed by atoms with Gasteiger partial charge in [0.05, 0.1) is 0 Å². The van der Waals surface area contributed by atoms with Crippen LogP contribution in [0, 0.1) is 5.82 Å². The van der Waals surface area contributed by atoms with Crippen molar-refractivity contribution in [1.82, 2.24) is 4.72 Å². The van der Waals surface area contributed by atoms with E-state index in [1.165, 1.54) is 18.2 Å². The molecule has 0 aliphatic heterocycles. The molecule has 3 nitrogen and oxygen atoms in total. The van der Waals surface area contributed by atoms with E-state index in [1.807, 2.05) is 0 Å². The normalized spacial score (nSPS) is 11.6. The molecule has 1 N–H and O–H groups in total. The Labute approximate surface area is 102 Å². The molecule has 1 aromatic carbocycles. The van der Waals surface area contributed by atoms with E-state index in [2.05, 4.69) is 27.3 Å². The molecule has 0 amide bonds. The molecule has 0 heterocycles. The Morgan fingerprint density at radius 3 is 2.60 bits per heavy atom. The number of benzene rings is 1. The van der Waals surface area contributed by atoms with Crippen molar-refractivity contribution in [3.05, 3.63) is 30.1 Å². The lowest BCUT2D eigenvalue weighted by molar-refractivity contribution is 0.557. The van der Waals surface area contributed by atoms with Gasteiger partial charge < -0.3 is 0 Å². The van der Waals surface area contributed by atoms with Crippen LogP contribution in [0.15, 0.2) is 29.2 Å².